The van der Waals surface area contributed by atoms with E-state index in [2.05, 4.69) is 14.7 Å². The summed E-state index contributed by atoms with van der Waals surface area (Å²) in [6.07, 6.45) is -1.74. The zero-order valence-corrected chi connectivity index (χ0v) is 22.8. The summed E-state index contributed by atoms with van der Waals surface area (Å²) in [7, 11) is -3.05. The van der Waals surface area contributed by atoms with Crippen LogP contribution in [0.1, 0.15) is 24.0 Å². The molecule has 0 spiro atoms. The van der Waals surface area contributed by atoms with E-state index in [0.29, 0.717) is 10.5 Å². The number of nitrogens with zero attached hydrogens (tertiary/aromatic N) is 4. The number of benzene rings is 1. The van der Waals surface area contributed by atoms with Gasteiger partial charge in [-0.3, -0.25) is 4.79 Å². The third kappa shape index (κ3) is 5.30. The summed E-state index contributed by atoms with van der Waals surface area (Å²) in [6.45, 7) is 1.49. The number of methoxy groups -OCH3 is 1. The van der Waals surface area contributed by atoms with Gasteiger partial charge in [0.2, 0.25) is 5.91 Å². The molecule has 1 aromatic carbocycles. The van der Waals surface area contributed by atoms with Crippen molar-refractivity contribution in [3.63, 3.8) is 0 Å². The summed E-state index contributed by atoms with van der Waals surface area (Å²) in [5, 5.41) is 1.03. The number of esters is 1. The topological polar surface area (TPSA) is 148 Å². The van der Waals surface area contributed by atoms with Crippen LogP contribution in [0.3, 0.4) is 0 Å². The van der Waals surface area contributed by atoms with Crippen molar-refractivity contribution < 1.29 is 35.9 Å². The summed E-state index contributed by atoms with van der Waals surface area (Å²) in [5.41, 5.74) is 4.50. The number of alkyl halides is 3. The molecular weight excluding hydrogens is 573 g/mol. The van der Waals surface area contributed by atoms with Gasteiger partial charge in [0.15, 0.2) is 9.34 Å². The van der Waals surface area contributed by atoms with Gasteiger partial charge in [0.1, 0.15) is 17.9 Å². The lowest BCUT2D eigenvalue weighted by Gasteiger charge is -2.30. The number of carbonyl (C=O) groups excluding carboxylic acids is 2. The van der Waals surface area contributed by atoms with Gasteiger partial charge >= 0.3 is 12.1 Å². The highest BCUT2D eigenvalue weighted by atomic mass is 32.2. The second kappa shape index (κ2) is 10.5. The highest BCUT2D eigenvalue weighted by Gasteiger charge is 2.43. The monoisotopic (exact) mass is 598 g/mol. The van der Waals surface area contributed by atoms with E-state index >= 15 is 0 Å². The van der Waals surface area contributed by atoms with Gasteiger partial charge in [0, 0.05) is 37.6 Å². The fraction of sp³-hybridized carbons (Fsp3) is 0.417. The van der Waals surface area contributed by atoms with Gasteiger partial charge in [-0.05, 0) is 35.9 Å². The third-order valence-corrected chi connectivity index (χ3v) is 9.98. The van der Waals surface area contributed by atoms with E-state index in [4.69, 9.17) is 10.5 Å². The van der Waals surface area contributed by atoms with E-state index in [1.165, 1.54) is 24.5 Å². The molecule has 3 N–H and O–H groups in total. The molecule has 11 nitrogen and oxygen atoms in total. The normalized spacial score (nSPS) is 18.7. The average Bonchev–Trinajstić information content (AvgIpc) is 3.48. The molecule has 3 aromatic rings. The Morgan fingerprint density at radius 1 is 1.27 bits per heavy atom. The minimum absolute atomic E-state index is 0.00932. The first-order valence-corrected chi connectivity index (χ1v) is 14.5. The number of likely N-dealkylation sites (tertiary alicyclic amines) is 1. The van der Waals surface area contributed by atoms with Crippen molar-refractivity contribution in [1.82, 2.24) is 19.6 Å². The largest absolute Gasteiger partial charge is 0.467 e. The molecule has 2 aliphatic heterocycles. The lowest BCUT2D eigenvalue weighted by atomic mass is 9.95. The first kappa shape index (κ1) is 28.0. The minimum atomic E-state index is -4.79. The second-order valence-electron chi connectivity index (χ2n) is 9.46. The van der Waals surface area contributed by atoms with Gasteiger partial charge in [-0.1, -0.05) is 17.4 Å². The molecule has 0 radical (unpaired) electrons. The molecule has 214 valence electrons. The van der Waals surface area contributed by atoms with Gasteiger partial charge < -0.3 is 20.3 Å². The number of hydrogen-bond acceptors (Lipinski definition) is 10. The van der Waals surface area contributed by atoms with E-state index in [-0.39, 0.29) is 33.9 Å². The lowest BCUT2D eigenvalue weighted by molar-refractivity contribution is -0.151. The Morgan fingerprint density at radius 3 is 2.67 bits per heavy atom. The number of nitrogens with two attached hydrogens (primary N) is 1. The molecule has 1 amide bonds. The van der Waals surface area contributed by atoms with Crippen molar-refractivity contribution >= 4 is 55.0 Å². The van der Waals surface area contributed by atoms with E-state index in [1.54, 1.807) is 0 Å². The lowest BCUT2D eigenvalue weighted by Crippen LogP contribution is -2.48. The molecule has 2 fully saturated rings. The molecule has 5 rings (SSSR count). The van der Waals surface area contributed by atoms with Gasteiger partial charge in [-0.25, -0.2) is 23.2 Å². The molecule has 16 heteroatoms. The maximum atomic E-state index is 14.0. The van der Waals surface area contributed by atoms with Crippen LogP contribution in [0, 0.1) is 0 Å². The summed E-state index contributed by atoms with van der Waals surface area (Å²) in [5.74, 6) is -1.75. The third-order valence-electron chi connectivity index (χ3n) is 6.99. The van der Waals surface area contributed by atoms with Gasteiger partial charge in [-0.15, -0.1) is 0 Å². The fourth-order valence-electron chi connectivity index (χ4n) is 4.78. The molecule has 2 saturated heterocycles. The van der Waals surface area contributed by atoms with Crippen LogP contribution >= 0.6 is 11.3 Å². The first-order chi connectivity index (χ1) is 18.9. The van der Waals surface area contributed by atoms with Crippen LogP contribution in [-0.2, 0) is 36.9 Å². The number of hydrogen-bond donors (Lipinski definition) is 2. The fourth-order valence-corrected chi connectivity index (χ4v) is 7.19. The summed E-state index contributed by atoms with van der Waals surface area (Å²) in [4.78, 5) is 37.0. The van der Waals surface area contributed by atoms with E-state index in [9.17, 15) is 31.2 Å². The van der Waals surface area contributed by atoms with Crippen LogP contribution in [0.2, 0.25) is 0 Å². The number of nitrogens with one attached hydrogen (secondary N) is 1. The number of halogens is 3. The maximum Gasteiger partial charge on any atom is 0.416 e. The molecule has 2 unspecified atom stereocenters. The number of amides is 1. The number of fused-ring (bicyclic) bond motifs is 1. The summed E-state index contributed by atoms with van der Waals surface area (Å²) < 4.78 is 75.2. The van der Waals surface area contributed by atoms with Crippen LogP contribution in [0.25, 0.3) is 10.8 Å². The summed E-state index contributed by atoms with van der Waals surface area (Å²) in [6, 6.07) is 0.976. The van der Waals surface area contributed by atoms with Gasteiger partial charge in [0.25, 0.3) is 10.0 Å². The molecule has 40 heavy (non-hydrogen) atoms. The molecule has 2 atom stereocenters. The van der Waals surface area contributed by atoms with Crippen molar-refractivity contribution in [3.8, 4) is 0 Å². The molecule has 2 aromatic heterocycles. The molecule has 2 aliphatic rings. The van der Waals surface area contributed by atoms with E-state index in [0.717, 1.165) is 48.9 Å². The standard InChI is InChI=1S/C24H25F3N6O5S2/c1-38-22(35)18(10-14-9-13-3-5-29-20(28)15(13)11-16(14)24(25,26)27)33-8-4-17(21(33)34)31-40(36,37)19-12-30-23(39-19)32-6-2-7-32/h3,5,9,11-12,17-18,31H,2,4,6-8,10H2,1H3,(H2,28,29). The number of rotatable bonds is 8. The van der Waals surface area contributed by atoms with Crippen molar-refractivity contribution in [2.45, 2.75) is 41.7 Å². The Bertz CT molecular complexity index is 1570. The molecular formula is C24H25F3N6O5S2. The van der Waals surface area contributed by atoms with Crippen LogP contribution in [-0.4, -0.2) is 74.0 Å². The zero-order chi connectivity index (χ0) is 28.8. The van der Waals surface area contributed by atoms with Crippen LogP contribution in [0.15, 0.2) is 34.8 Å². The SMILES string of the molecule is COC(=O)C(Cc1cc2ccnc(N)c2cc1C(F)(F)F)N1CCC(NS(=O)(=O)c2cnc(N3CCC3)s2)C1=O. The average molecular weight is 599 g/mol. The Hall–Kier alpha value is -3.50. The Labute approximate surface area is 231 Å². The Balaban J connectivity index is 1.40. The maximum absolute atomic E-state index is 14.0. The highest BCUT2D eigenvalue weighted by Crippen LogP contribution is 2.37. The second-order valence-corrected chi connectivity index (χ2v) is 12.4. The number of nitrogen functional groups attached to an aromatic ring is 1. The molecule has 0 saturated carbocycles. The Kier molecular flexibility index (Phi) is 7.35. The summed E-state index contributed by atoms with van der Waals surface area (Å²) >= 11 is 0.977. The number of anilines is 2. The molecule has 4 heterocycles. The number of carbonyl (C=O) groups is 2. The smallest absolute Gasteiger partial charge is 0.416 e. The highest BCUT2D eigenvalue weighted by molar-refractivity contribution is 7.91. The van der Waals surface area contributed by atoms with Gasteiger partial charge in [-0.2, -0.15) is 17.9 Å². The van der Waals surface area contributed by atoms with Crippen LogP contribution < -0.4 is 15.4 Å². The number of ether oxygens (including phenoxy) is 1. The molecule has 0 bridgehead atoms. The van der Waals surface area contributed by atoms with Crippen LogP contribution in [0.4, 0.5) is 24.1 Å². The van der Waals surface area contributed by atoms with Crippen molar-refractivity contribution in [2.75, 3.05) is 37.4 Å². The predicted octanol–water partition coefficient (Wildman–Crippen LogP) is 2.17. The zero-order valence-electron chi connectivity index (χ0n) is 21.1. The van der Waals surface area contributed by atoms with Crippen molar-refractivity contribution in [3.05, 3.63) is 41.7 Å². The number of aromatic nitrogens is 2. The quantitative estimate of drug-likeness (QED) is 0.372. The number of pyridine rings is 1. The number of sulfonamides is 1. The minimum Gasteiger partial charge on any atom is -0.467 e. The van der Waals surface area contributed by atoms with E-state index in [1.807, 2.05) is 4.90 Å². The van der Waals surface area contributed by atoms with Gasteiger partial charge in [0.05, 0.1) is 18.9 Å². The van der Waals surface area contributed by atoms with Crippen molar-refractivity contribution in [2.24, 2.45) is 0 Å². The van der Waals surface area contributed by atoms with Crippen LogP contribution in [0.5, 0.6) is 0 Å². The Morgan fingerprint density at radius 2 is 2.02 bits per heavy atom. The van der Waals surface area contributed by atoms with Crippen molar-refractivity contribution in [1.29, 1.82) is 0 Å². The van der Waals surface area contributed by atoms with E-state index < -0.39 is 52.1 Å². The molecule has 0 aliphatic carbocycles. The number of thiazole rings is 1. The predicted molar refractivity (Wildman–Crippen MR) is 140 cm³/mol. The first-order valence-electron chi connectivity index (χ1n) is 12.2.